The second-order valence-corrected chi connectivity index (χ2v) is 5.33. The maximum absolute atomic E-state index is 6.11. The van der Waals surface area contributed by atoms with Gasteiger partial charge in [0, 0.05) is 15.9 Å². The molecule has 94 valence electrons. The van der Waals surface area contributed by atoms with Gasteiger partial charge in [0.15, 0.2) is 0 Å². The number of benzene rings is 2. The molecule has 0 fully saturated rings. The van der Waals surface area contributed by atoms with Gasteiger partial charge in [0.1, 0.15) is 11.5 Å². The standard InChI is InChI=1S/C14H11BrCl2O/c1-9-2-5-12(17)14(6-9)18-13-7-11(16)4-3-10(13)8-15/h2-7H,8H2,1H3. The molecule has 18 heavy (non-hydrogen) atoms. The molecule has 0 saturated heterocycles. The van der Waals surface area contributed by atoms with Crippen LogP contribution in [0.5, 0.6) is 11.5 Å². The first-order valence-electron chi connectivity index (χ1n) is 5.38. The Morgan fingerprint density at radius 3 is 2.56 bits per heavy atom. The molecule has 0 aromatic heterocycles. The molecule has 0 saturated carbocycles. The smallest absolute Gasteiger partial charge is 0.146 e. The van der Waals surface area contributed by atoms with E-state index in [4.69, 9.17) is 27.9 Å². The van der Waals surface area contributed by atoms with Gasteiger partial charge < -0.3 is 4.74 Å². The fourth-order valence-corrected chi connectivity index (χ4v) is 2.32. The second-order valence-electron chi connectivity index (χ2n) is 3.92. The van der Waals surface area contributed by atoms with Crippen LogP contribution in [0.3, 0.4) is 0 Å². The average Bonchev–Trinajstić information content (AvgIpc) is 2.34. The number of rotatable bonds is 3. The number of hydrogen-bond acceptors (Lipinski definition) is 1. The summed E-state index contributed by atoms with van der Waals surface area (Å²) in [6.07, 6.45) is 0. The van der Waals surface area contributed by atoms with Crippen molar-refractivity contribution in [2.75, 3.05) is 0 Å². The van der Waals surface area contributed by atoms with Gasteiger partial charge in [-0.25, -0.2) is 0 Å². The predicted octanol–water partition coefficient (Wildman–Crippen LogP) is 5.99. The summed E-state index contributed by atoms with van der Waals surface area (Å²) in [7, 11) is 0. The number of hydrogen-bond donors (Lipinski definition) is 0. The van der Waals surface area contributed by atoms with Crippen LogP contribution in [0.25, 0.3) is 0 Å². The summed E-state index contributed by atoms with van der Waals surface area (Å²) in [6.45, 7) is 1.99. The molecular weight excluding hydrogens is 335 g/mol. The summed E-state index contributed by atoms with van der Waals surface area (Å²) in [5.41, 5.74) is 2.12. The lowest BCUT2D eigenvalue weighted by molar-refractivity contribution is 0.478. The number of aryl methyl sites for hydroxylation is 1. The molecule has 1 nitrogen and oxygen atoms in total. The first-order chi connectivity index (χ1) is 8.60. The van der Waals surface area contributed by atoms with Crippen LogP contribution in [-0.2, 0) is 5.33 Å². The van der Waals surface area contributed by atoms with Crippen molar-refractivity contribution in [2.45, 2.75) is 12.3 Å². The van der Waals surface area contributed by atoms with Gasteiger partial charge in [-0.15, -0.1) is 0 Å². The molecule has 0 unspecified atom stereocenters. The predicted molar refractivity (Wildman–Crippen MR) is 80.3 cm³/mol. The van der Waals surface area contributed by atoms with Crippen molar-refractivity contribution in [1.29, 1.82) is 0 Å². The van der Waals surface area contributed by atoms with Crippen molar-refractivity contribution in [3.8, 4) is 11.5 Å². The molecular formula is C14H11BrCl2O. The zero-order chi connectivity index (χ0) is 13.1. The molecule has 0 aliphatic rings. The largest absolute Gasteiger partial charge is 0.455 e. The lowest BCUT2D eigenvalue weighted by Crippen LogP contribution is -1.91. The average molecular weight is 346 g/mol. The van der Waals surface area contributed by atoms with E-state index >= 15 is 0 Å². The monoisotopic (exact) mass is 344 g/mol. The van der Waals surface area contributed by atoms with E-state index < -0.39 is 0 Å². The van der Waals surface area contributed by atoms with Gasteiger partial charge in [0.25, 0.3) is 0 Å². The molecule has 0 aliphatic carbocycles. The lowest BCUT2D eigenvalue weighted by atomic mass is 10.2. The van der Waals surface area contributed by atoms with E-state index in [9.17, 15) is 0 Å². The Balaban J connectivity index is 2.38. The molecule has 0 aliphatic heterocycles. The van der Waals surface area contributed by atoms with Crippen molar-refractivity contribution >= 4 is 39.1 Å². The Morgan fingerprint density at radius 1 is 1.06 bits per heavy atom. The third kappa shape index (κ3) is 3.19. The van der Waals surface area contributed by atoms with Gasteiger partial charge in [-0.3, -0.25) is 0 Å². The van der Waals surface area contributed by atoms with E-state index in [0.717, 1.165) is 11.1 Å². The summed E-state index contributed by atoms with van der Waals surface area (Å²) in [5, 5.41) is 1.92. The van der Waals surface area contributed by atoms with Crippen LogP contribution in [0, 0.1) is 6.92 Å². The minimum absolute atomic E-state index is 0.584. The van der Waals surface area contributed by atoms with Gasteiger partial charge in [-0.05, 0) is 36.8 Å². The van der Waals surface area contributed by atoms with Crippen molar-refractivity contribution in [1.82, 2.24) is 0 Å². The topological polar surface area (TPSA) is 9.23 Å². The maximum atomic E-state index is 6.11. The molecule has 0 bridgehead atoms. The van der Waals surface area contributed by atoms with E-state index in [2.05, 4.69) is 15.9 Å². The van der Waals surface area contributed by atoms with E-state index in [-0.39, 0.29) is 0 Å². The molecule has 2 aromatic carbocycles. The van der Waals surface area contributed by atoms with Crippen molar-refractivity contribution in [3.63, 3.8) is 0 Å². The van der Waals surface area contributed by atoms with Crippen LogP contribution >= 0.6 is 39.1 Å². The quantitative estimate of drug-likeness (QED) is 0.621. The molecule has 4 heteroatoms. The molecule has 0 radical (unpaired) electrons. The van der Waals surface area contributed by atoms with Gasteiger partial charge in [0.2, 0.25) is 0 Å². The Hall–Kier alpha value is -0.700. The number of alkyl halides is 1. The lowest BCUT2D eigenvalue weighted by Gasteiger charge is -2.12. The zero-order valence-corrected chi connectivity index (χ0v) is 12.8. The Bertz CT molecular complexity index is 570. The van der Waals surface area contributed by atoms with Crippen LogP contribution in [0.1, 0.15) is 11.1 Å². The summed E-state index contributed by atoms with van der Waals surface area (Å²) in [6, 6.07) is 11.2. The molecule has 0 N–H and O–H groups in total. The Morgan fingerprint density at radius 2 is 1.83 bits per heavy atom. The van der Waals surface area contributed by atoms with Crippen LogP contribution in [0.4, 0.5) is 0 Å². The third-order valence-corrected chi connectivity index (χ3v) is 3.63. The van der Waals surface area contributed by atoms with E-state index in [0.29, 0.717) is 26.9 Å². The fourth-order valence-electron chi connectivity index (χ4n) is 1.54. The number of halogens is 3. The summed E-state index contributed by atoms with van der Waals surface area (Å²) in [4.78, 5) is 0. The van der Waals surface area contributed by atoms with Crippen molar-refractivity contribution < 1.29 is 4.74 Å². The molecule has 0 spiro atoms. The van der Waals surface area contributed by atoms with Crippen LogP contribution in [-0.4, -0.2) is 0 Å². The van der Waals surface area contributed by atoms with E-state index in [1.807, 2.05) is 37.3 Å². The molecule has 0 heterocycles. The van der Waals surface area contributed by atoms with Crippen molar-refractivity contribution in [2.24, 2.45) is 0 Å². The van der Waals surface area contributed by atoms with Gasteiger partial charge in [0.05, 0.1) is 5.02 Å². The van der Waals surface area contributed by atoms with E-state index in [1.165, 1.54) is 0 Å². The van der Waals surface area contributed by atoms with Gasteiger partial charge in [-0.2, -0.15) is 0 Å². The third-order valence-electron chi connectivity index (χ3n) is 2.48. The van der Waals surface area contributed by atoms with Gasteiger partial charge in [-0.1, -0.05) is 51.3 Å². The summed E-state index contributed by atoms with van der Waals surface area (Å²) >= 11 is 15.5. The van der Waals surface area contributed by atoms with Crippen LogP contribution < -0.4 is 4.74 Å². The first kappa shape index (κ1) is 13.7. The summed E-state index contributed by atoms with van der Waals surface area (Å²) in [5.74, 6) is 1.35. The second kappa shape index (κ2) is 5.96. The maximum Gasteiger partial charge on any atom is 0.146 e. The molecule has 2 rings (SSSR count). The number of ether oxygens (including phenoxy) is 1. The van der Waals surface area contributed by atoms with E-state index in [1.54, 1.807) is 6.07 Å². The fraction of sp³-hybridized carbons (Fsp3) is 0.143. The summed E-state index contributed by atoms with van der Waals surface area (Å²) < 4.78 is 5.85. The minimum atomic E-state index is 0.584. The highest BCUT2D eigenvalue weighted by Crippen LogP contribution is 2.34. The highest BCUT2D eigenvalue weighted by molar-refractivity contribution is 9.08. The van der Waals surface area contributed by atoms with Gasteiger partial charge >= 0.3 is 0 Å². The minimum Gasteiger partial charge on any atom is -0.455 e. The highest BCUT2D eigenvalue weighted by atomic mass is 79.9. The Labute approximate surface area is 125 Å². The first-order valence-corrected chi connectivity index (χ1v) is 7.26. The molecule has 0 atom stereocenters. The molecule has 2 aromatic rings. The zero-order valence-electron chi connectivity index (χ0n) is 9.71. The van der Waals surface area contributed by atoms with Crippen LogP contribution in [0.2, 0.25) is 10.0 Å². The normalized spacial score (nSPS) is 10.4. The molecule has 0 amide bonds. The highest BCUT2D eigenvalue weighted by Gasteiger charge is 2.08. The van der Waals surface area contributed by atoms with Crippen molar-refractivity contribution in [3.05, 3.63) is 57.6 Å². The Kier molecular flexibility index (Phi) is 4.55. The SMILES string of the molecule is Cc1ccc(Cl)c(Oc2cc(Cl)ccc2CBr)c1. The van der Waals surface area contributed by atoms with Crippen LogP contribution in [0.15, 0.2) is 36.4 Å².